The van der Waals surface area contributed by atoms with Gasteiger partial charge >= 0.3 is 0 Å². The molecule has 0 saturated carbocycles. The van der Waals surface area contributed by atoms with E-state index >= 15 is 0 Å². The molecule has 1 saturated heterocycles. The molecule has 1 aromatic heterocycles. The zero-order valence-corrected chi connectivity index (χ0v) is 19.0. The molecule has 0 spiro atoms. The van der Waals surface area contributed by atoms with Crippen LogP contribution < -0.4 is 14.4 Å². The minimum Gasteiger partial charge on any atom is -0.507 e. The number of halogens is 1. The van der Waals surface area contributed by atoms with Gasteiger partial charge in [-0.2, -0.15) is 0 Å². The Morgan fingerprint density at radius 3 is 2.36 bits per heavy atom. The predicted molar refractivity (Wildman–Crippen MR) is 125 cm³/mol. The molecule has 1 aliphatic rings. The molecule has 168 valence electrons. The quantitative estimate of drug-likeness (QED) is 0.335. The molecule has 3 aromatic rings. The van der Waals surface area contributed by atoms with Gasteiger partial charge in [0.2, 0.25) is 0 Å². The lowest BCUT2D eigenvalue weighted by atomic mass is 9.95. The second-order valence-electron chi connectivity index (χ2n) is 7.48. The average Bonchev–Trinajstić information content (AvgIpc) is 3.10. The summed E-state index contributed by atoms with van der Waals surface area (Å²) in [6, 6.07) is 12.7. The summed E-state index contributed by atoms with van der Waals surface area (Å²) in [7, 11) is 2.87. The SMILES string of the molecule is COc1cc(OC)c(/C(O)=C2\C(=O)C(=O)N(c3ccc(C)cc3)C2c2cccnc2)cc1Cl. The van der Waals surface area contributed by atoms with Gasteiger partial charge in [0.05, 0.1) is 36.4 Å². The molecule has 1 aliphatic heterocycles. The Balaban J connectivity index is 1.97. The molecule has 8 heteroatoms. The van der Waals surface area contributed by atoms with Gasteiger partial charge in [-0.3, -0.25) is 19.5 Å². The molecular weight excluding hydrogens is 444 g/mol. The maximum absolute atomic E-state index is 13.2. The molecule has 0 radical (unpaired) electrons. The molecule has 2 heterocycles. The maximum Gasteiger partial charge on any atom is 0.300 e. The van der Waals surface area contributed by atoms with Crippen LogP contribution in [0.2, 0.25) is 5.02 Å². The van der Waals surface area contributed by atoms with E-state index in [-0.39, 0.29) is 21.9 Å². The summed E-state index contributed by atoms with van der Waals surface area (Å²) < 4.78 is 10.6. The number of methoxy groups -OCH3 is 2. The Kier molecular flexibility index (Phi) is 6.07. The first kappa shape index (κ1) is 22.4. The summed E-state index contributed by atoms with van der Waals surface area (Å²) in [5.41, 5.74) is 2.17. The van der Waals surface area contributed by atoms with Crippen molar-refractivity contribution in [2.24, 2.45) is 0 Å². The summed E-state index contributed by atoms with van der Waals surface area (Å²) in [5.74, 6) is -1.41. The van der Waals surface area contributed by atoms with Crippen LogP contribution in [0.3, 0.4) is 0 Å². The van der Waals surface area contributed by atoms with Crippen LogP contribution in [0.15, 0.2) is 66.5 Å². The summed E-state index contributed by atoms with van der Waals surface area (Å²) in [4.78, 5) is 31.9. The number of carbonyl (C=O) groups is 2. The number of aliphatic hydroxyl groups excluding tert-OH is 1. The Morgan fingerprint density at radius 1 is 1.06 bits per heavy atom. The van der Waals surface area contributed by atoms with Gasteiger partial charge in [0.1, 0.15) is 17.3 Å². The normalized spacial score (nSPS) is 17.3. The Bertz CT molecular complexity index is 1260. The van der Waals surface area contributed by atoms with Gasteiger partial charge in [0, 0.05) is 24.1 Å². The first-order valence-electron chi connectivity index (χ1n) is 10.1. The first-order chi connectivity index (χ1) is 15.9. The Morgan fingerprint density at radius 2 is 1.76 bits per heavy atom. The van der Waals surface area contributed by atoms with Crippen LogP contribution in [-0.4, -0.2) is 36.0 Å². The van der Waals surface area contributed by atoms with Crippen molar-refractivity contribution in [3.8, 4) is 11.5 Å². The second-order valence-corrected chi connectivity index (χ2v) is 7.89. The number of aliphatic hydroxyl groups is 1. The average molecular weight is 465 g/mol. The van der Waals surface area contributed by atoms with E-state index in [1.807, 2.05) is 19.1 Å². The molecule has 33 heavy (non-hydrogen) atoms. The fourth-order valence-corrected chi connectivity index (χ4v) is 4.09. The molecular formula is C25H21ClN2O5. The van der Waals surface area contributed by atoms with Crippen molar-refractivity contribution < 1.29 is 24.2 Å². The molecule has 1 amide bonds. The lowest BCUT2D eigenvalue weighted by molar-refractivity contribution is -0.132. The minimum absolute atomic E-state index is 0.0897. The van der Waals surface area contributed by atoms with Crippen LogP contribution in [0.1, 0.15) is 22.7 Å². The van der Waals surface area contributed by atoms with Crippen molar-refractivity contribution in [1.29, 1.82) is 0 Å². The lowest BCUT2D eigenvalue weighted by Crippen LogP contribution is -2.29. The monoisotopic (exact) mass is 464 g/mol. The molecule has 1 fully saturated rings. The van der Waals surface area contributed by atoms with Crippen molar-refractivity contribution >= 4 is 34.7 Å². The van der Waals surface area contributed by atoms with Gasteiger partial charge in [0.15, 0.2) is 0 Å². The Labute approximate surface area is 195 Å². The molecule has 1 atom stereocenters. The number of anilines is 1. The van der Waals surface area contributed by atoms with Gasteiger partial charge in [-0.05, 0) is 36.8 Å². The maximum atomic E-state index is 13.2. The summed E-state index contributed by atoms with van der Waals surface area (Å²) in [5, 5.41) is 11.5. The topological polar surface area (TPSA) is 89.0 Å². The molecule has 1 unspecified atom stereocenters. The number of hydrogen-bond donors (Lipinski definition) is 1. The van der Waals surface area contributed by atoms with Crippen LogP contribution in [0.25, 0.3) is 5.76 Å². The highest BCUT2D eigenvalue weighted by atomic mass is 35.5. The smallest absolute Gasteiger partial charge is 0.300 e. The van der Waals surface area contributed by atoms with Crippen molar-refractivity contribution in [1.82, 2.24) is 4.98 Å². The highest BCUT2D eigenvalue weighted by Crippen LogP contribution is 2.44. The Hall–Kier alpha value is -3.84. The molecule has 0 bridgehead atoms. The largest absolute Gasteiger partial charge is 0.507 e. The second kappa shape index (κ2) is 8.96. The van der Waals surface area contributed by atoms with Gasteiger partial charge in [-0.25, -0.2) is 0 Å². The number of aryl methyl sites for hydroxylation is 1. The van der Waals surface area contributed by atoms with Crippen LogP contribution in [-0.2, 0) is 9.59 Å². The number of ketones is 1. The number of benzene rings is 2. The van der Waals surface area contributed by atoms with E-state index in [9.17, 15) is 14.7 Å². The predicted octanol–water partition coefficient (Wildman–Crippen LogP) is 4.69. The number of pyridine rings is 1. The van der Waals surface area contributed by atoms with E-state index in [4.69, 9.17) is 21.1 Å². The van der Waals surface area contributed by atoms with Gasteiger partial charge in [-0.15, -0.1) is 0 Å². The number of amides is 1. The standard InChI is InChI=1S/C25H21ClN2O5/c1-14-6-8-16(9-7-14)28-22(15-5-4-10-27-13-15)21(24(30)25(28)31)23(29)17-11-18(26)20(33-3)12-19(17)32-2/h4-13,22,29H,1-3H3/b23-21+. The van der Waals surface area contributed by atoms with Gasteiger partial charge < -0.3 is 14.6 Å². The van der Waals surface area contributed by atoms with E-state index in [0.717, 1.165) is 5.56 Å². The number of nitrogens with zero attached hydrogens (tertiary/aromatic N) is 2. The van der Waals surface area contributed by atoms with Crippen LogP contribution in [0.4, 0.5) is 5.69 Å². The highest BCUT2D eigenvalue weighted by molar-refractivity contribution is 6.51. The third kappa shape index (κ3) is 3.91. The van der Waals surface area contributed by atoms with Crippen LogP contribution >= 0.6 is 11.6 Å². The number of aromatic nitrogens is 1. The van der Waals surface area contributed by atoms with Crippen molar-refractivity contribution in [3.63, 3.8) is 0 Å². The zero-order valence-electron chi connectivity index (χ0n) is 18.2. The summed E-state index contributed by atoms with van der Waals surface area (Å²) >= 11 is 6.28. The van der Waals surface area contributed by atoms with Crippen molar-refractivity contribution in [3.05, 3.63) is 88.2 Å². The fourth-order valence-electron chi connectivity index (χ4n) is 3.85. The zero-order chi connectivity index (χ0) is 23.7. The third-order valence-electron chi connectivity index (χ3n) is 5.49. The summed E-state index contributed by atoms with van der Waals surface area (Å²) in [6.45, 7) is 1.93. The van der Waals surface area contributed by atoms with Gasteiger partial charge in [-0.1, -0.05) is 35.4 Å². The van der Waals surface area contributed by atoms with E-state index < -0.39 is 23.5 Å². The molecule has 1 N–H and O–H groups in total. The number of Topliss-reactive ketones (excluding diaryl/α,β-unsaturated/α-hetero) is 1. The lowest BCUT2D eigenvalue weighted by Gasteiger charge is -2.25. The third-order valence-corrected chi connectivity index (χ3v) is 5.78. The number of hydrogen-bond acceptors (Lipinski definition) is 6. The summed E-state index contributed by atoms with van der Waals surface area (Å²) in [6.07, 6.45) is 3.15. The molecule has 0 aliphatic carbocycles. The van der Waals surface area contributed by atoms with E-state index in [1.165, 1.54) is 31.3 Å². The molecule has 4 rings (SSSR count). The van der Waals surface area contributed by atoms with Crippen molar-refractivity contribution in [2.45, 2.75) is 13.0 Å². The van der Waals surface area contributed by atoms with E-state index in [1.54, 1.807) is 36.7 Å². The molecule has 2 aromatic carbocycles. The first-order valence-corrected chi connectivity index (χ1v) is 10.4. The fraction of sp³-hybridized carbons (Fsp3) is 0.160. The number of ether oxygens (including phenoxy) is 2. The minimum atomic E-state index is -0.896. The highest BCUT2D eigenvalue weighted by Gasteiger charge is 2.47. The van der Waals surface area contributed by atoms with Crippen molar-refractivity contribution in [2.75, 3.05) is 19.1 Å². The van der Waals surface area contributed by atoms with Gasteiger partial charge in [0.25, 0.3) is 11.7 Å². The van der Waals surface area contributed by atoms with E-state index in [2.05, 4.69) is 4.98 Å². The van der Waals surface area contributed by atoms with Crippen LogP contribution in [0.5, 0.6) is 11.5 Å². The number of carbonyl (C=O) groups excluding carboxylic acids is 2. The molecule has 7 nitrogen and oxygen atoms in total. The van der Waals surface area contributed by atoms with E-state index in [0.29, 0.717) is 17.0 Å². The number of rotatable bonds is 5. The van der Waals surface area contributed by atoms with Crippen LogP contribution in [0, 0.1) is 6.92 Å².